The van der Waals surface area contributed by atoms with Crippen LogP contribution < -0.4 is 0 Å². The Balaban J connectivity index is 2.26. The van der Waals surface area contributed by atoms with Gasteiger partial charge in [0.25, 0.3) is 0 Å². The Morgan fingerprint density at radius 3 is 3.00 bits per heavy atom. The Morgan fingerprint density at radius 1 is 1.40 bits per heavy atom. The second-order valence-electron chi connectivity index (χ2n) is 3.06. The molecule has 0 aromatic heterocycles. The van der Waals surface area contributed by atoms with Gasteiger partial charge in [0.05, 0.1) is 5.69 Å². The Hall–Kier alpha value is -2.17. The van der Waals surface area contributed by atoms with Crippen molar-refractivity contribution in [2.24, 2.45) is 10.3 Å². The molecule has 0 spiro atoms. The van der Waals surface area contributed by atoms with Crippen LogP contribution in [0, 0.1) is 0 Å². The number of rotatable bonds is 2. The number of benzene rings is 1. The first kappa shape index (κ1) is 9.39. The van der Waals surface area contributed by atoms with Gasteiger partial charge >= 0.3 is 5.97 Å². The molecular formula is C10H9N3O2. The third-order valence-corrected chi connectivity index (χ3v) is 1.93. The van der Waals surface area contributed by atoms with E-state index in [2.05, 4.69) is 10.3 Å². The molecule has 0 unspecified atom stereocenters. The lowest BCUT2D eigenvalue weighted by atomic mass is 10.2. The smallest absolute Gasteiger partial charge is 0.325 e. The monoisotopic (exact) mass is 203 g/mol. The van der Waals surface area contributed by atoms with Gasteiger partial charge in [0.15, 0.2) is 0 Å². The summed E-state index contributed by atoms with van der Waals surface area (Å²) in [5, 5.41) is 17.6. The molecule has 0 saturated carbocycles. The molecule has 0 fully saturated rings. The average Bonchev–Trinajstić information content (AvgIpc) is 2.41. The summed E-state index contributed by atoms with van der Waals surface area (Å²) in [4.78, 5) is 10.5. The quantitative estimate of drug-likeness (QED) is 0.799. The molecule has 5 nitrogen and oxygen atoms in total. The number of carboxylic acid groups (broad SMARTS) is 1. The van der Waals surface area contributed by atoms with Crippen LogP contribution in [0.3, 0.4) is 0 Å². The van der Waals surface area contributed by atoms with E-state index in [-0.39, 0.29) is 6.54 Å². The Bertz CT molecular complexity index is 407. The Labute approximate surface area is 86.3 Å². The van der Waals surface area contributed by atoms with Crippen LogP contribution in [-0.4, -0.2) is 22.6 Å². The van der Waals surface area contributed by atoms with E-state index in [4.69, 9.17) is 5.11 Å². The largest absolute Gasteiger partial charge is 0.480 e. The predicted octanol–water partition coefficient (Wildman–Crippen LogP) is 2.06. The number of fused-ring (bicyclic) bond motifs is 1. The summed E-state index contributed by atoms with van der Waals surface area (Å²) in [6, 6.07) is 7.48. The Kier molecular flexibility index (Phi) is 2.45. The van der Waals surface area contributed by atoms with Crippen LogP contribution in [0.2, 0.25) is 0 Å². The molecule has 1 aromatic carbocycles. The van der Waals surface area contributed by atoms with Crippen molar-refractivity contribution >= 4 is 17.7 Å². The van der Waals surface area contributed by atoms with E-state index in [9.17, 15) is 4.79 Å². The molecule has 0 atom stereocenters. The maximum absolute atomic E-state index is 10.5. The van der Waals surface area contributed by atoms with E-state index in [1.54, 1.807) is 12.3 Å². The zero-order valence-electron chi connectivity index (χ0n) is 7.87. The molecule has 0 radical (unpaired) electrons. The minimum Gasteiger partial charge on any atom is -0.480 e. The molecule has 76 valence electrons. The molecule has 0 amide bonds. The summed E-state index contributed by atoms with van der Waals surface area (Å²) in [6.07, 6.45) is 3.39. The van der Waals surface area contributed by atoms with Gasteiger partial charge in [-0.25, -0.2) is 5.01 Å². The molecule has 5 heteroatoms. The lowest BCUT2D eigenvalue weighted by Crippen LogP contribution is -2.18. The van der Waals surface area contributed by atoms with Gasteiger partial charge in [0.1, 0.15) is 6.54 Å². The fourth-order valence-electron chi connectivity index (χ4n) is 1.24. The molecule has 1 aromatic rings. The third kappa shape index (κ3) is 2.19. The van der Waals surface area contributed by atoms with Gasteiger partial charge < -0.3 is 5.11 Å². The number of hydrogen-bond donors (Lipinski definition) is 1. The highest BCUT2D eigenvalue weighted by Crippen LogP contribution is 2.23. The highest BCUT2D eigenvalue weighted by atomic mass is 16.4. The second-order valence-corrected chi connectivity index (χ2v) is 3.06. The van der Waals surface area contributed by atoms with Crippen molar-refractivity contribution in [2.75, 3.05) is 6.54 Å². The normalized spacial score (nSPS) is 13.5. The number of aliphatic carboxylic acids is 1. The van der Waals surface area contributed by atoms with Crippen LogP contribution in [-0.2, 0) is 4.79 Å². The van der Waals surface area contributed by atoms with E-state index in [0.717, 1.165) is 11.3 Å². The van der Waals surface area contributed by atoms with Crippen molar-refractivity contribution in [1.29, 1.82) is 0 Å². The van der Waals surface area contributed by atoms with Crippen molar-refractivity contribution in [1.82, 2.24) is 5.01 Å². The van der Waals surface area contributed by atoms with E-state index in [1.165, 1.54) is 5.01 Å². The standard InChI is InChI=1S/C10H9N3O2/c14-10(15)7-13-6-5-8-3-1-2-4-9(8)11-12-13/h1-6H,7H2,(H,14,15). The van der Waals surface area contributed by atoms with E-state index >= 15 is 0 Å². The van der Waals surface area contributed by atoms with E-state index in [0.29, 0.717) is 0 Å². The summed E-state index contributed by atoms with van der Waals surface area (Å²) in [5.41, 5.74) is 1.66. The van der Waals surface area contributed by atoms with Crippen LogP contribution >= 0.6 is 0 Å². The zero-order valence-corrected chi connectivity index (χ0v) is 7.87. The number of carboxylic acids is 1. The molecule has 1 aliphatic heterocycles. The van der Waals surface area contributed by atoms with Crippen molar-refractivity contribution in [3.8, 4) is 0 Å². The van der Waals surface area contributed by atoms with Crippen molar-refractivity contribution in [2.45, 2.75) is 0 Å². The summed E-state index contributed by atoms with van der Waals surface area (Å²) < 4.78 is 0. The van der Waals surface area contributed by atoms with Gasteiger partial charge in [-0.05, 0) is 12.1 Å². The van der Waals surface area contributed by atoms with Crippen molar-refractivity contribution in [3.05, 3.63) is 36.0 Å². The number of carbonyl (C=O) groups is 1. The first-order valence-electron chi connectivity index (χ1n) is 4.43. The van der Waals surface area contributed by atoms with Gasteiger partial charge in [-0.3, -0.25) is 4.79 Å². The lowest BCUT2D eigenvalue weighted by molar-refractivity contribution is -0.137. The zero-order chi connectivity index (χ0) is 10.7. The average molecular weight is 203 g/mol. The highest BCUT2D eigenvalue weighted by Gasteiger charge is 2.07. The molecule has 1 heterocycles. The number of hydrogen-bond acceptors (Lipinski definition) is 4. The molecule has 0 bridgehead atoms. The molecule has 1 N–H and O–H groups in total. The molecule has 0 aliphatic carbocycles. The first-order valence-corrected chi connectivity index (χ1v) is 4.43. The van der Waals surface area contributed by atoms with Gasteiger partial charge in [-0.15, -0.1) is 5.11 Å². The second kappa shape index (κ2) is 3.91. The van der Waals surface area contributed by atoms with Crippen molar-refractivity contribution in [3.63, 3.8) is 0 Å². The number of nitrogens with zero attached hydrogens (tertiary/aromatic N) is 3. The van der Waals surface area contributed by atoms with Gasteiger partial charge in [0, 0.05) is 11.8 Å². The van der Waals surface area contributed by atoms with Gasteiger partial charge in [0.2, 0.25) is 0 Å². The van der Waals surface area contributed by atoms with Crippen LogP contribution in [0.15, 0.2) is 40.8 Å². The van der Waals surface area contributed by atoms with Crippen LogP contribution in [0.25, 0.3) is 6.08 Å². The molecule has 15 heavy (non-hydrogen) atoms. The maximum Gasteiger partial charge on any atom is 0.325 e. The van der Waals surface area contributed by atoms with Gasteiger partial charge in [-0.1, -0.05) is 23.4 Å². The summed E-state index contributed by atoms with van der Waals surface area (Å²) >= 11 is 0. The maximum atomic E-state index is 10.5. The third-order valence-electron chi connectivity index (χ3n) is 1.93. The molecule has 1 aliphatic rings. The SMILES string of the molecule is O=C(O)CN1C=Cc2ccccc2N=N1. The fraction of sp³-hybridized carbons (Fsp3) is 0.100. The van der Waals surface area contributed by atoms with Crippen LogP contribution in [0.4, 0.5) is 5.69 Å². The minimum absolute atomic E-state index is 0.187. The summed E-state index contributed by atoms with van der Waals surface area (Å²) in [7, 11) is 0. The summed E-state index contributed by atoms with van der Waals surface area (Å²) in [6.45, 7) is -0.187. The molecular weight excluding hydrogens is 194 g/mol. The topological polar surface area (TPSA) is 65.3 Å². The first-order chi connectivity index (χ1) is 7.25. The Morgan fingerprint density at radius 2 is 2.20 bits per heavy atom. The minimum atomic E-state index is -0.940. The van der Waals surface area contributed by atoms with Crippen molar-refractivity contribution < 1.29 is 9.90 Å². The highest BCUT2D eigenvalue weighted by molar-refractivity contribution is 5.70. The lowest BCUT2D eigenvalue weighted by Gasteiger charge is -2.06. The predicted molar refractivity (Wildman–Crippen MR) is 54.3 cm³/mol. The van der Waals surface area contributed by atoms with E-state index in [1.807, 2.05) is 24.3 Å². The summed E-state index contributed by atoms with van der Waals surface area (Å²) in [5.74, 6) is -0.940. The fourth-order valence-corrected chi connectivity index (χ4v) is 1.24. The van der Waals surface area contributed by atoms with E-state index < -0.39 is 5.97 Å². The molecule has 0 saturated heterocycles. The van der Waals surface area contributed by atoms with Crippen LogP contribution in [0.1, 0.15) is 5.56 Å². The van der Waals surface area contributed by atoms with Crippen LogP contribution in [0.5, 0.6) is 0 Å². The molecule has 2 rings (SSSR count). The van der Waals surface area contributed by atoms with Gasteiger partial charge in [-0.2, -0.15) is 0 Å².